The molecule has 0 fully saturated rings. The van der Waals surface area contributed by atoms with Gasteiger partial charge in [-0.1, -0.05) is 41.9 Å². The molecule has 0 saturated heterocycles. The van der Waals surface area contributed by atoms with E-state index in [-0.39, 0.29) is 12.5 Å². The molecule has 29 heavy (non-hydrogen) atoms. The van der Waals surface area contributed by atoms with Gasteiger partial charge in [0.1, 0.15) is 11.6 Å². The topological polar surface area (TPSA) is 106 Å². The van der Waals surface area contributed by atoms with E-state index in [4.69, 9.17) is 16.3 Å². The highest BCUT2D eigenvalue weighted by Gasteiger charge is 2.08. The van der Waals surface area contributed by atoms with Gasteiger partial charge in [0.05, 0.1) is 24.7 Å². The second-order valence-electron chi connectivity index (χ2n) is 6.12. The Bertz CT molecular complexity index is 933. The zero-order valence-corrected chi connectivity index (χ0v) is 16.7. The fourth-order valence-corrected chi connectivity index (χ4v) is 2.63. The fraction of sp³-hybridized carbons (Fsp3) is 0.263. The number of hydrogen-bond acceptors (Lipinski definition) is 7. The number of benzene rings is 1. The van der Waals surface area contributed by atoms with Crippen molar-refractivity contribution in [3.05, 3.63) is 59.5 Å². The Morgan fingerprint density at radius 3 is 2.86 bits per heavy atom. The normalized spacial score (nSPS) is 10.6. The monoisotopic (exact) mass is 415 g/mol. The molecule has 3 aromatic rings. The number of ether oxygens (including phenoxy) is 1. The van der Waals surface area contributed by atoms with Crippen LogP contribution in [0.3, 0.4) is 0 Å². The molecule has 152 valence electrons. The summed E-state index contributed by atoms with van der Waals surface area (Å²) in [4.78, 5) is 20.4. The molecule has 3 N–H and O–H groups in total. The Labute approximate surface area is 173 Å². The fourth-order valence-electron chi connectivity index (χ4n) is 2.47. The summed E-state index contributed by atoms with van der Waals surface area (Å²) >= 11 is 6.19. The van der Waals surface area contributed by atoms with E-state index in [2.05, 4.69) is 31.0 Å². The lowest BCUT2D eigenvalue weighted by molar-refractivity contribution is -0.122. The van der Waals surface area contributed by atoms with Crippen molar-refractivity contribution in [1.29, 1.82) is 0 Å². The Morgan fingerprint density at radius 1 is 1.24 bits per heavy atom. The first-order chi connectivity index (χ1) is 14.1. The van der Waals surface area contributed by atoms with Crippen molar-refractivity contribution in [2.45, 2.75) is 13.1 Å². The Hall–Kier alpha value is -3.17. The van der Waals surface area contributed by atoms with Gasteiger partial charge in [0, 0.05) is 26.4 Å². The molecule has 0 spiro atoms. The molecule has 0 unspecified atom stereocenters. The molecular formula is C19H22ClN7O2. The van der Waals surface area contributed by atoms with Crippen LogP contribution in [0.2, 0.25) is 5.02 Å². The number of carbonyl (C=O) groups excluding carboxylic acids is 1. The average molecular weight is 416 g/mol. The van der Waals surface area contributed by atoms with E-state index in [0.29, 0.717) is 42.2 Å². The van der Waals surface area contributed by atoms with Crippen LogP contribution in [0.1, 0.15) is 5.56 Å². The summed E-state index contributed by atoms with van der Waals surface area (Å²) in [6.07, 6.45) is 4.82. The highest BCUT2D eigenvalue weighted by Crippen LogP contribution is 2.21. The van der Waals surface area contributed by atoms with Crippen LogP contribution in [-0.4, -0.2) is 45.9 Å². The van der Waals surface area contributed by atoms with Gasteiger partial charge in [-0.05, 0) is 5.56 Å². The molecule has 10 heteroatoms. The second-order valence-corrected chi connectivity index (χ2v) is 6.53. The molecule has 0 bridgehead atoms. The van der Waals surface area contributed by atoms with E-state index in [1.807, 2.05) is 30.3 Å². The van der Waals surface area contributed by atoms with Crippen molar-refractivity contribution < 1.29 is 9.53 Å². The number of methoxy groups -OCH3 is 1. The van der Waals surface area contributed by atoms with E-state index in [1.165, 1.54) is 10.9 Å². The second kappa shape index (κ2) is 10.4. The lowest BCUT2D eigenvalue weighted by Gasteiger charge is -2.09. The summed E-state index contributed by atoms with van der Waals surface area (Å²) in [6.45, 7) is 1.62. The molecule has 0 aliphatic heterocycles. The van der Waals surface area contributed by atoms with Crippen LogP contribution in [0, 0.1) is 0 Å². The molecular weight excluding hydrogens is 394 g/mol. The van der Waals surface area contributed by atoms with Gasteiger partial charge in [-0.2, -0.15) is 10.1 Å². The SMILES string of the molecule is COCCNC(=O)Cn1cc(Nc2ncc(Cl)c(NCc3ccccc3)n2)cn1. The van der Waals surface area contributed by atoms with Crippen LogP contribution in [0.25, 0.3) is 0 Å². The summed E-state index contributed by atoms with van der Waals surface area (Å²) < 4.78 is 6.42. The largest absolute Gasteiger partial charge is 0.383 e. The van der Waals surface area contributed by atoms with Crippen LogP contribution in [0.4, 0.5) is 17.5 Å². The van der Waals surface area contributed by atoms with Crippen LogP contribution in [-0.2, 0) is 22.6 Å². The van der Waals surface area contributed by atoms with Crippen molar-refractivity contribution in [3.8, 4) is 0 Å². The molecule has 1 amide bonds. The van der Waals surface area contributed by atoms with E-state index in [0.717, 1.165) is 5.56 Å². The number of amides is 1. The van der Waals surface area contributed by atoms with Crippen LogP contribution < -0.4 is 16.0 Å². The van der Waals surface area contributed by atoms with E-state index in [1.54, 1.807) is 19.5 Å². The predicted molar refractivity (Wildman–Crippen MR) is 111 cm³/mol. The minimum Gasteiger partial charge on any atom is -0.383 e. The van der Waals surface area contributed by atoms with Gasteiger partial charge in [-0.3, -0.25) is 9.48 Å². The number of nitrogens with zero attached hydrogens (tertiary/aromatic N) is 4. The highest BCUT2D eigenvalue weighted by molar-refractivity contribution is 6.32. The van der Waals surface area contributed by atoms with Crippen LogP contribution in [0.5, 0.6) is 0 Å². The molecule has 0 radical (unpaired) electrons. The summed E-state index contributed by atoms with van der Waals surface area (Å²) in [5, 5.41) is 13.6. The van der Waals surface area contributed by atoms with Crippen molar-refractivity contribution in [3.63, 3.8) is 0 Å². The highest BCUT2D eigenvalue weighted by atomic mass is 35.5. The molecule has 0 saturated carbocycles. The molecule has 9 nitrogen and oxygen atoms in total. The zero-order chi connectivity index (χ0) is 20.5. The van der Waals surface area contributed by atoms with Crippen LogP contribution in [0.15, 0.2) is 48.9 Å². The van der Waals surface area contributed by atoms with Gasteiger partial charge >= 0.3 is 0 Å². The van der Waals surface area contributed by atoms with Crippen LogP contribution >= 0.6 is 11.6 Å². The molecule has 0 aliphatic carbocycles. The summed E-state index contributed by atoms with van der Waals surface area (Å²) in [6, 6.07) is 9.94. The van der Waals surface area contributed by atoms with E-state index >= 15 is 0 Å². The Kier molecular flexibility index (Phi) is 7.37. The predicted octanol–water partition coefficient (Wildman–Crippen LogP) is 2.44. The number of halogens is 1. The van der Waals surface area contributed by atoms with Gasteiger partial charge in [0.25, 0.3) is 0 Å². The lowest BCUT2D eigenvalue weighted by Crippen LogP contribution is -2.30. The van der Waals surface area contributed by atoms with Gasteiger partial charge in [0.15, 0.2) is 5.82 Å². The maximum Gasteiger partial charge on any atom is 0.241 e. The number of anilines is 3. The third kappa shape index (κ3) is 6.44. The maximum atomic E-state index is 11.8. The Morgan fingerprint density at radius 2 is 2.07 bits per heavy atom. The smallest absolute Gasteiger partial charge is 0.241 e. The average Bonchev–Trinajstić information content (AvgIpc) is 3.16. The number of aromatic nitrogens is 4. The van der Waals surface area contributed by atoms with Gasteiger partial charge in [-0.15, -0.1) is 0 Å². The minimum atomic E-state index is -0.146. The number of carbonyl (C=O) groups is 1. The molecule has 3 rings (SSSR count). The summed E-state index contributed by atoms with van der Waals surface area (Å²) in [7, 11) is 1.58. The first kappa shape index (κ1) is 20.6. The molecule has 2 aromatic heterocycles. The van der Waals surface area contributed by atoms with E-state index in [9.17, 15) is 4.79 Å². The maximum absolute atomic E-state index is 11.8. The lowest BCUT2D eigenvalue weighted by atomic mass is 10.2. The Balaban J connectivity index is 1.57. The minimum absolute atomic E-state index is 0.108. The van der Waals surface area contributed by atoms with E-state index < -0.39 is 0 Å². The summed E-state index contributed by atoms with van der Waals surface area (Å²) in [5.41, 5.74) is 1.77. The van der Waals surface area contributed by atoms with Gasteiger partial charge in [0.2, 0.25) is 11.9 Å². The van der Waals surface area contributed by atoms with Crippen molar-refractivity contribution in [2.75, 3.05) is 30.9 Å². The van der Waals surface area contributed by atoms with Gasteiger partial charge in [-0.25, -0.2) is 4.98 Å². The molecule has 2 heterocycles. The molecule has 0 atom stereocenters. The third-order valence-electron chi connectivity index (χ3n) is 3.87. The number of nitrogens with one attached hydrogen (secondary N) is 3. The zero-order valence-electron chi connectivity index (χ0n) is 15.9. The van der Waals surface area contributed by atoms with Gasteiger partial charge < -0.3 is 20.7 Å². The number of rotatable bonds is 10. The first-order valence-corrected chi connectivity index (χ1v) is 9.37. The molecule has 0 aliphatic rings. The first-order valence-electron chi connectivity index (χ1n) is 8.99. The van der Waals surface area contributed by atoms with Crippen molar-refractivity contribution >= 4 is 35.0 Å². The third-order valence-corrected chi connectivity index (χ3v) is 4.15. The quantitative estimate of drug-likeness (QED) is 0.436. The number of hydrogen-bond donors (Lipinski definition) is 3. The summed E-state index contributed by atoms with van der Waals surface area (Å²) in [5.74, 6) is 0.749. The van der Waals surface area contributed by atoms with Crippen molar-refractivity contribution in [1.82, 2.24) is 25.1 Å². The standard InChI is InChI=1S/C19H22ClN7O2/c1-29-8-7-21-17(28)13-27-12-15(10-24-27)25-19-23-11-16(20)18(26-19)22-9-14-5-3-2-4-6-14/h2-6,10-12H,7-9,13H2,1H3,(H,21,28)(H2,22,23,25,26). The van der Waals surface area contributed by atoms with Crippen molar-refractivity contribution in [2.24, 2.45) is 0 Å². The molecule has 1 aromatic carbocycles.